The highest BCUT2D eigenvalue weighted by Gasteiger charge is 2.18. The molecule has 0 fully saturated rings. The Hall–Kier alpha value is -1.75. The fraction of sp³-hybridized carbons (Fsp3) is 0.462. The van der Waals surface area contributed by atoms with Gasteiger partial charge in [-0.15, -0.1) is 0 Å². The van der Waals surface area contributed by atoms with Gasteiger partial charge in [-0.3, -0.25) is 4.79 Å². The zero-order valence-electron chi connectivity index (χ0n) is 10.3. The largest absolute Gasteiger partial charge is 0.486 e. The maximum absolute atomic E-state index is 10.5. The zero-order valence-corrected chi connectivity index (χ0v) is 10.3. The van der Waals surface area contributed by atoms with E-state index in [4.69, 9.17) is 20.3 Å². The molecule has 0 radical (unpaired) electrons. The van der Waals surface area contributed by atoms with E-state index < -0.39 is 5.97 Å². The second-order valence-corrected chi connectivity index (χ2v) is 4.40. The first kappa shape index (κ1) is 12.7. The number of aryl methyl sites for hydroxylation is 1. The summed E-state index contributed by atoms with van der Waals surface area (Å²) in [5, 5.41) is 8.66. The summed E-state index contributed by atoms with van der Waals surface area (Å²) in [6.45, 7) is 3.01. The van der Waals surface area contributed by atoms with E-state index in [0.29, 0.717) is 25.4 Å². The van der Waals surface area contributed by atoms with E-state index >= 15 is 0 Å². The van der Waals surface area contributed by atoms with Crippen molar-refractivity contribution in [2.24, 2.45) is 5.73 Å². The van der Waals surface area contributed by atoms with Gasteiger partial charge in [0.15, 0.2) is 11.5 Å². The normalized spacial score (nSPS) is 15.2. The van der Waals surface area contributed by atoms with Crippen LogP contribution in [-0.2, 0) is 4.79 Å². The van der Waals surface area contributed by atoms with E-state index in [1.807, 2.05) is 19.1 Å². The summed E-state index contributed by atoms with van der Waals surface area (Å²) in [7, 11) is 0. The molecule has 1 heterocycles. The van der Waals surface area contributed by atoms with Gasteiger partial charge in [-0.1, -0.05) is 6.07 Å². The Morgan fingerprint density at radius 3 is 2.89 bits per heavy atom. The Morgan fingerprint density at radius 1 is 1.44 bits per heavy atom. The molecule has 1 aromatic rings. The second kappa shape index (κ2) is 5.27. The fourth-order valence-corrected chi connectivity index (χ4v) is 2.02. The first-order valence-electron chi connectivity index (χ1n) is 5.95. The van der Waals surface area contributed by atoms with Gasteiger partial charge in [0.2, 0.25) is 0 Å². The van der Waals surface area contributed by atoms with E-state index in [9.17, 15) is 4.79 Å². The summed E-state index contributed by atoms with van der Waals surface area (Å²) in [5.41, 5.74) is 7.84. The van der Waals surface area contributed by atoms with Gasteiger partial charge in [0.1, 0.15) is 13.2 Å². The van der Waals surface area contributed by atoms with Gasteiger partial charge in [0.05, 0.1) is 0 Å². The fourth-order valence-electron chi connectivity index (χ4n) is 2.02. The smallest absolute Gasteiger partial charge is 0.303 e. The summed E-state index contributed by atoms with van der Waals surface area (Å²) in [4.78, 5) is 10.5. The Bertz CT molecular complexity index is 459. The van der Waals surface area contributed by atoms with Crippen molar-refractivity contribution in [1.29, 1.82) is 0 Å². The van der Waals surface area contributed by atoms with Gasteiger partial charge in [0, 0.05) is 12.5 Å². The lowest BCUT2D eigenvalue weighted by Gasteiger charge is -2.22. The van der Waals surface area contributed by atoms with E-state index in [2.05, 4.69) is 0 Å². The lowest BCUT2D eigenvalue weighted by molar-refractivity contribution is -0.137. The molecule has 0 saturated carbocycles. The molecule has 5 heteroatoms. The number of carboxylic acids is 1. The highest BCUT2D eigenvalue weighted by molar-refractivity contribution is 5.66. The number of hydrogen-bond donors (Lipinski definition) is 2. The third-order valence-electron chi connectivity index (χ3n) is 2.95. The predicted molar refractivity (Wildman–Crippen MR) is 66.0 cm³/mol. The maximum atomic E-state index is 10.5. The van der Waals surface area contributed by atoms with Crippen LogP contribution in [0.3, 0.4) is 0 Å². The lowest BCUT2D eigenvalue weighted by Crippen LogP contribution is -2.18. The van der Waals surface area contributed by atoms with E-state index in [0.717, 1.165) is 16.9 Å². The number of carboxylic acid groups (broad SMARTS) is 1. The lowest BCUT2D eigenvalue weighted by atomic mass is 10.00. The van der Waals surface area contributed by atoms with Crippen molar-refractivity contribution < 1.29 is 19.4 Å². The molecule has 0 spiro atoms. The van der Waals surface area contributed by atoms with Crippen LogP contribution in [0.4, 0.5) is 0 Å². The van der Waals surface area contributed by atoms with E-state index in [-0.39, 0.29) is 12.5 Å². The molecule has 0 aliphatic carbocycles. The Labute approximate surface area is 106 Å². The van der Waals surface area contributed by atoms with Crippen LogP contribution >= 0.6 is 0 Å². The number of nitrogens with two attached hydrogens (primary N) is 1. The number of carbonyl (C=O) groups is 1. The molecule has 0 amide bonds. The molecule has 18 heavy (non-hydrogen) atoms. The van der Waals surface area contributed by atoms with Crippen LogP contribution in [-0.4, -0.2) is 24.3 Å². The van der Waals surface area contributed by atoms with Crippen LogP contribution in [0.15, 0.2) is 12.1 Å². The number of benzene rings is 1. The second-order valence-electron chi connectivity index (χ2n) is 4.40. The first-order valence-corrected chi connectivity index (χ1v) is 5.95. The van der Waals surface area contributed by atoms with Crippen molar-refractivity contribution >= 4 is 5.97 Å². The number of ether oxygens (including phenoxy) is 2. The van der Waals surface area contributed by atoms with Crippen LogP contribution in [0.1, 0.15) is 30.0 Å². The molecule has 0 bridgehead atoms. The van der Waals surface area contributed by atoms with Crippen molar-refractivity contribution in [2.75, 3.05) is 13.2 Å². The molecule has 1 aliphatic heterocycles. The van der Waals surface area contributed by atoms with Crippen LogP contribution in [0.2, 0.25) is 0 Å². The summed E-state index contributed by atoms with van der Waals surface area (Å²) >= 11 is 0. The third kappa shape index (κ3) is 2.73. The van der Waals surface area contributed by atoms with Gasteiger partial charge in [-0.05, 0) is 30.5 Å². The van der Waals surface area contributed by atoms with E-state index in [1.54, 1.807) is 0 Å². The Balaban J connectivity index is 2.18. The minimum Gasteiger partial charge on any atom is -0.486 e. The molecule has 3 N–H and O–H groups in total. The minimum absolute atomic E-state index is 0.0641. The molecule has 1 aromatic carbocycles. The standard InChI is InChI=1S/C13H17NO4/c1-8-6-9(10(14)2-3-12(15)16)7-11-13(8)18-5-4-17-11/h6-7,10H,2-5,14H2,1H3,(H,15,16). The van der Waals surface area contributed by atoms with Crippen molar-refractivity contribution in [3.8, 4) is 11.5 Å². The van der Waals surface area contributed by atoms with Gasteiger partial charge < -0.3 is 20.3 Å². The SMILES string of the molecule is Cc1cc(C(N)CCC(=O)O)cc2c1OCCO2. The first-order chi connectivity index (χ1) is 8.58. The van der Waals surface area contributed by atoms with Crippen molar-refractivity contribution in [3.63, 3.8) is 0 Å². The summed E-state index contributed by atoms with van der Waals surface area (Å²) in [6.07, 6.45) is 0.475. The van der Waals surface area contributed by atoms with Crippen LogP contribution in [0, 0.1) is 6.92 Å². The average molecular weight is 251 g/mol. The van der Waals surface area contributed by atoms with Gasteiger partial charge in [-0.25, -0.2) is 0 Å². The molecule has 2 rings (SSSR count). The minimum atomic E-state index is -0.834. The van der Waals surface area contributed by atoms with Gasteiger partial charge >= 0.3 is 5.97 Å². The molecular weight excluding hydrogens is 234 g/mol. The molecule has 1 unspecified atom stereocenters. The van der Waals surface area contributed by atoms with Crippen molar-refractivity contribution in [1.82, 2.24) is 0 Å². The Morgan fingerprint density at radius 2 is 2.17 bits per heavy atom. The topological polar surface area (TPSA) is 81.8 Å². The predicted octanol–water partition coefficient (Wildman–Crippen LogP) is 1.63. The van der Waals surface area contributed by atoms with Crippen LogP contribution < -0.4 is 15.2 Å². The maximum Gasteiger partial charge on any atom is 0.303 e. The number of hydrogen-bond acceptors (Lipinski definition) is 4. The Kier molecular flexibility index (Phi) is 3.72. The molecule has 98 valence electrons. The molecule has 0 aromatic heterocycles. The highest BCUT2D eigenvalue weighted by atomic mass is 16.6. The summed E-state index contributed by atoms with van der Waals surface area (Å²) in [6, 6.07) is 3.48. The van der Waals surface area contributed by atoms with Crippen molar-refractivity contribution in [2.45, 2.75) is 25.8 Å². The third-order valence-corrected chi connectivity index (χ3v) is 2.95. The van der Waals surface area contributed by atoms with Crippen LogP contribution in [0.5, 0.6) is 11.5 Å². The van der Waals surface area contributed by atoms with Crippen molar-refractivity contribution in [3.05, 3.63) is 23.3 Å². The number of rotatable bonds is 4. The molecule has 5 nitrogen and oxygen atoms in total. The summed E-state index contributed by atoms with van der Waals surface area (Å²) in [5.74, 6) is 0.622. The van der Waals surface area contributed by atoms with E-state index in [1.165, 1.54) is 0 Å². The quantitative estimate of drug-likeness (QED) is 0.850. The number of aliphatic carboxylic acids is 1. The highest BCUT2D eigenvalue weighted by Crippen LogP contribution is 2.36. The molecule has 1 atom stereocenters. The molecule has 1 aliphatic rings. The monoisotopic (exact) mass is 251 g/mol. The van der Waals surface area contributed by atoms with Crippen LogP contribution in [0.25, 0.3) is 0 Å². The average Bonchev–Trinajstić information content (AvgIpc) is 2.36. The van der Waals surface area contributed by atoms with Gasteiger partial charge in [-0.2, -0.15) is 0 Å². The molecular formula is C13H17NO4. The summed E-state index contributed by atoms with van der Waals surface area (Å²) < 4.78 is 11.1. The number of fused-ring (bicyclic) bond motifs is 1. The zero-order chi connectivity index (χ0) is 13.1. The van der Waals surface area contributed by atoms with Gasteiger partial charge in [0.25, 0.3) is 0 Å². The molecule has 0 saturated heterocycles.